The Balaban J connectivity index is 1.43. The van der Waals surface area contributed by atoms with Gasteiger partial charge in [0.25, 0.3) is 11.6 Å². The number of nitro benzene ring substituents is 1. The smallest absolute Gasteiger partial charge is 0.270 e. The summed E-state index contributed by atoms with van der Waals surface area (Å²) in [6, 6.07) is 10.9. The van der Waals surface area contributed by atoms with Crippen LogP contribution in [0.5, 0.6) is 17.2 Å². The van der Waals surface area contributed by atoms with E-state index >= 15 is 0 Å². The minimum atomic E-state index is -0.527. The van der Waals surface area contributed by atoms with Crippen LogP contribution in [0.4, 0.5) is 5.69 Å². The number of rotatable bonds is 7. The van der Waals surface area contributed by atoms with E-state index in [4.69, 9.17) is 9.47 Å². The van der Waals surface area contributed by atoms with Gasteiger partial charge in [-0.3, -0.25) is 19.7 Å². The van der Waals surface area contributed by atoms with E-state index in [1.165, 1.54) is 24.6 Å². The summed E-state index contributed by atoms with van der Waals surface area (Å²) >= 11 is 0. The summed E-state index contributed by atoms with van der Waals surface area (Å²) in [6.07, 6.45) is 6.61. The molecule has 0 bridgehead atoms. The van der Waals surface area contributed by atoms with Gasteiger partial charge in [-0.1, -0.05) is 19.3 Å². The first-order chi connectivity index (χ1) is 16.9. The number of nitrogens with zero attached hydrogens (tertiary/aromatic N) is 2. The van der Waals surface area contributed by atoms with Crippen LogP contribution >= 0.6 is 0 Å². The monoisotopic (exact) mass is 481 g/mol. The lowest BCUT2D eigenvalue weighted by Crippen LogP contribution is -2.48. The van der Waals surface area contributed by atoms with E-state index in [0.29, 0.717) is 37.4 Å². The average Bonchev–Trinajstić information content (AvgIpc) is 2.89. The summed E-state index contributed by atoms with van der Waals surface area (Å²) in [5.74, 6) is 1.30. The maximum absolute atomic E-state index is 13.4. The first-order valence-electron chi connectivity index (χ1n) is 12.1. The molecule has 1 saturated carbocycles. The number of nitrogens with one attached hydrogen (secondary N) is 1. The fourth-order valence-electron chi connectivity index (χ4n) is 4.74. The van der Waals surface area contributed by atoms with E-state index in [1.807, 2.05) is 0 Å². The molecule has 0 unspecified atom stereocenters. The summed E-state index contributed by atoms with van der Waals surface area (Å²) in [4.78, 5) is 38.5. The Morgan fingerprint density at radius 3 is 2.26 bits per heavy atom. The van der Waals surface area contributed by atoms with Crippen molar-refractivity contribution in [3.8, 4) is 17.2 Å². The molecule has 0 radical (unpaired) electrons. The third-order valence-corrected chi connectivity index (χ3v) is 6.80. The largest absolute Gasteiger partial charge is 0.497 e. The molecule has 35 heavy (non-hydrogen) atoms. The van der Waals surface area contributed by atoms with E-state index in [-0.39, 0.29) is 40.8 Å². The number of piperidine rings is 1. The Hall–Kier alpha value is -3.62. The fraction of sp³-hybridized carbons (Fsp3) is 0.462. The number of carbonyl (C=O) groups is 2. The number of non-ortho nitro benzene ring substituents is 1. The second-order valence-corrected chi connectivity index (χ2v) is 9.13. The van der Waals surface area contributed by atoms with Crippen LogP contribution in [0.2, 0.25) is 0 Å². The van der Waals surface area contributed by atoms with Crippen LogP contribution in [0.15, 0.2) is 42.5 Å². The van der Waals surface area contributed by atoms with Crippen molar-refractivity contribution in [2.24, 2.45) is 5.92 Å². The highest BCUT2D eigenvalue weighted by atomic mass is 16.6. The lowest BCUT2D eigenvalue weighted by Gasteiger charge is -2.33. The van der Waals surface area contributed by atoms with Gasteiger partial charge in [-0.05, 0) is 56.0 Å². The molecule has 1 aliphatic carbocycles. The number of likely N-dealkylation sites (tertiary alicyclic amines) is 1. The van der Waals surface area contributed by atoms with Crippen molar-refractivity contribution in [1.29, 1.82) is 0 Å². The Bertz CT molecular complexity index is 1060. The number of amides is 2. The molecule has 4 rings (SSSR count). The van der Waals surface area contributed by atoms with Crippen molar-refractivity contribution in [3.63, 3.8) is 0 Å². The number of hydrogen-bond donors (Lipinski definition) is 1. The summed E-state index contributed by atoms with van der Waals surface area (Å²) in [6.45, 7) is 0.915. The predicted octanol–water partition coefficient (Wildman–Crippen LogP) is 4.70. The van der Waals surface area contributed by atoms with Gasteiger partial charge in [0.05, 0.1) is 17.6 Å². The van der Waals surface area contributed by atoms with Crippen molar-refractivity contribution < 1.29 is 24.0 Å². The first kappa shape index (κ1) is 24.5. The molecule has 2 aliphatic rings. The molecule has 2 amide bonds. The molecule has 2 aromatic carbocycles. The Labute approximate surface area is 204 Å². The number of carbonyl (C=O) groups excluding carboxylic acids is 2. The van der Waals surface area contributed by atoms with E-state index in [0.717, 1.165) is 25.7 Å². The topological polar surface area (TPSA) is 111 Å². The van der Waals surface area contributed by atoms with Crippen molar-refractivity contribution in [3.05, 3.63) is 58.1 Å². The zero-order valence-corrected chi connectivity index (χ0v) is 19.9. The molecule has 9 heteroatoms. The SMILES string of the molecule is COc1ccc(Oc2ccc([N+](=O)[O-])cc2C(=O)N2CCC(NC(=O)C3CCCCC3)CC2)cc1. The quantitative estimate of drug-likeness (QED) is 0.453. The molecule has 0 atom stereocenters. The van der Waals surface area contributed by atoms with Gasteiger partial charge in [-0.2, -0.15) is 0 Å². The van der Waals surface area contributed by atoms with Crippen LogP contribution in [-0.2, 0) is 4.79 Å². The number of nitro groups is 1. The van der Waals surface area contributed by atoms with E-state index in [1.54, 1.807) is 36.3 Å². The summed E-state index contributed by atoms with van der Waals surface area (Å²) < 4.78 is 11.1. The summed E-state index contributed by atoms with van der Waals surface area (Å²) in [5, 5.41) is 14.5. The van der Waals surface area contributed by atoms with E-state index in [2.05, 4.69) is 5.32 Å². The van der Waals surface area contributed by atoms with Gasteiger partial charge in [0.15, 0.2) is 0 Å². The van der Waals surface area contributed by atoms with Crippen LogP contribution in [0.3, 0.4) is 0 Å². The van der Waals surface area contributed by atoms with Gasteiger partial charge in [-0.25, -0.2) is 0 Å². The lowest BCUT2D eigenvalue weighted by molar-refractivity contribution is -0.384. The van der Waals surface area contributed by atoms with Gasteiger partial charge in [0.1, 0.15) is 17.2 Å². The highest BCUT2D eigenvalue weighted by Gasteiger charge is 2.29. The highest BCUT2D eigenvalue weighted by Crippen LogP contribution is 2.31. The van der Waals surface area contributed by atoms with Crippen LogP contribution < -0.4 is 14.8 Å². The van der Waals surface area contributed by atoms with Gasteiger partial charge in [-0.15, -0.1) is 0 Å². The predicted molar refractivity (Wildman–Crippen MR) is 130 cm³/mol. The molecular weight excluding hydrogens is 450 g/mol. The average molecular weight is 482 g/mol. The van der Waals surface area contributed by atoms with Gasteiger partial charge >= 0.3 is 0 Å². The third kappa shape index (κ3) is 6.09. The molecule has 9 nitrogen and oxygen atoms in total. The highest BCUT2D eigenvalue weighted by molar-refractivity contribution is 5.97. The van der Waals surface area contributed by atoms with Gasteiger partial charge in [0, 0.05) is 37.2 Å². The van der Waals surface area contributed by atoms with Gasteiger partial charge < -0.3 is 19.7 Å². The second-order valence-electron chi connectivity index (χ2n) is 9.13. The summed E-state index contributed by atoms with van der Waals surface area (Å²) in [7, 11) is 1.56. The molecule has 186 valence electrons. The van der Waals surface area contributed by atoms with Crippen LogP contribution in [0.1, 0.15) is 55.3 Å². The summed E-state index contributed by atoms with van der Waals surface area (Å²) in [5.41, 5.74) is -0.0372. The Morgan fingerprint density at radius 1 is 0.971 bits per heavy atom. The van der Waals surface area contributed by atoms with Crippen molar-refractivity contribution in [1.82, 2.24) is 10.2 Å². The lowest BCUT2D eigenvalue weighted by atomic mass is 9.88. The zero-order chi connectivity index (χ0) is 24.8. The normalized spacial score (nSPS) is 17.0. The van der Waals surface area contributed by atoms with E-state index in [9.17, 15) is 19.7 Å². The molecule has 1 N–H and O–H groups in total. The number of benzene rings is 2. The Kier molecular flexibility index (Phi) is 7.84. The van der Waals surface area contributed by atoms with E-state index < -0.39 is 4.92 Å². The second kappa shape index (κ2) is 11.2. The Morgan fingerprint density at radius 2 is 1.63 bits per heavy atom. The first-order valence-corrected chi connectivity index (χ1v) is 12.1. The maximum Gasteiger partial charge on any atom is 0.270 e. The van der Waals surface area contributed by atoms with Crippen molar-refractivity contribution in [2.45, 2.75) is 51.0 Å². The number of methoxy groups -OCH3 is 1. The minimum Gasteiger partial charge on any atom is -0.497 e. The van der Waals surface area contributed by atoms with Crippen LogP contribution in [0.25, 0.3) is 0 Å². The molecule has 1 aliphatic heterocycles. The minimum absolute atomic E-state index is 0.0357. The maximum atomic E-state index is 13.4. The molecule has 2 aromatic rings. The number of ether oxygens (including phenoxy) is 2. The van der Waals surface area contributed by atoms with Crippen molar-refractivity contribution >= 4 is 17.5 Å². The van der Waals surface area contributed by atoms with Gasteiger partial charge in [0.2, 0.25) is 5.91 Å². The van der Waals surface area contributed by atoms with Crippen molar-refractivity contribution in [2.75, 3.05) is 20.2 Å². The zero-order valence-electron chi connectivity index (χ0n) is 19.9. The molecule has 0 aromatic heterocycles. The molecule has 2 fully saturated rings. The molecular formula is C26H31N3O6. The molecule has 1 heterocycles. The molecule has 1 saturated heterocycles. The number of hydrogen-bond acceptors (Lipinski definition) is 6. The van der Waals surface area contributed by atoms with Crippen LogP contribution in [-0.4, -0.2) is 47.9 Å². The third-order valence-electron chi connectivity index (χ3n) is 6.80. The standard InChI is InChI=1S/C26H31N3O6/c1-34-21-8-10-22(11-9-21)35-24-12-7-20(29(32)33)17-23(24)26(31)28-15-13-19(14-16-28)27-25(30)18-5-3-2-4-6-18/h7-12,17-19H,2-6,13-16H2,1H3,(H,27,30). The fourth-order valence-corrected chi connectivity index (χ4v) is 4.74. The van der Waals surface area contributed by atoms with Crippen LogP contribution in [0, 0.1) is 16.0 Å². The molecule has 0 spiro atoms.